The zero-order chi connectivity index (χ0) is 10.6. The third-order valence-electron chi connectivity index (χ3n) is 3.70. The van der Waals surface area contributed by atoms with Gasteiger partial charge in [-0.25, -0.2) is 0 Å². The summed E-state index contributed by atoms with van der Waals surface area (Å²) in [6.45, 7) is 8.33. The largest absolute Gasteiger partial charge is 0.198 e. The topological polar surface area (TPSA) is 23.8 Å². The van der Waals surface area contributed by atoms with Crippen LogP contribution in [0.2, 0.25) is 0 Å². The minimum absolute atomic E-state index is 0.0762. The lowest BCUT2D eigenvalue weighted by molar-refractivity contribution is 0.177. The van der Waals surface area contributed by atoms with Crippen molar-refractivity contribution in [1.82, 2.24) is 0 Å². The Kier molecular flexibility index (Phi) is 3.75. The van der Waals surface area contributed by atoms with E-state index in [-0.39, 0.29) is 5.41 Å². The number of allylic oxidation sites excluding steroid dienone is 1. The molecule has 0 bridgehead atoms. The van der Waals surface area contributed by atoms with Gasteiger partial charge >= 0.3 is 0 Å². The Balaban J connectivity index is 2.55. The number of hydrogen-bond donors (Lipinski definition) is 0. The average Bonchev–Trinajstić information content (AvgIpc) is 2.19. The summed E-state index contributed by atoms with van der Waals surface area (Å²) in [4.78, 5) is 0. The Morgan fingerprint density at radius 1 is 1.50 bits per heavy atom. The summed E-state index contributed by atoms with van der Waals surface area (Å²) in [6, 6.07) is 2.51. The van der Waals surface area contributed by atoms with Crippen LogP contribution >= 0.6 is 0 Å². The predicted molar refractivity (Wildman–Crippen MR) is 59.7 cm³/mol. The molecule has 78 valence electrons. The summed E-state index contributed by atoms with van der Waals surface area (Å²) in [7, 11) is 0. The highest BCUT2D eigenvalue weighted by atomic mass is 14.4. The lowest BCUT2D eigenvalue weighted by Gasteiger charge is -2.35. The molecule has 1 heteroatoms. The first-order chi connectivity index (χ1) is 6.63. The minimum Gasteiger partial charge on any atom is -0.198 e. The molecule has 1 saturated carbocycles. The summed E-state index contributed by atoms with van der Waals surface area (Å²) in [5.74, 6) is 1.61. The fourth-order valence-corrected chi connectivity index (χ4v) is 2.50. The van der Waals surface area contributed by atoms with Gasteiger partial charge in [-0.3, -0.25) is 0 Å². The monoisotopic (exact) mass is 191 g/mol. The van der Waals surface area contributed by atoms with E-state index >= 15 is 0 Å². The van der Waals surface area contributed by atoms with Gasteiger partial charge in [0.1, 0.15) is 0 Å². The van der Waals surface area contributed by atoms with Crippen LogP contribution in [0.15, 0.2) is 12.7 Å². The molecule has 0 saturated heterocycles. The van der Waals surface area contributed by atoms with Crippen LogP contribution in [0.3, 0.4) is 0 Å². The first kappa shape index (κ1) is 11.3. The van der Waals surface area contributed by atoms with Crippen molar-refractivity contribution >= 4 is 0 Å². The van der Waals surface area contributed by atoms with Crippen molar-refractivity contribution in [2.75, 3.05) is 0 Å². The maximum Gasteiger partial charge on any atom is 0.0693 e. The van der Waals surface area contributed by atoms with Gasteiger partial charge < -0.3 is 0 Å². The van der Waals surface area contributed by atoms with E-state index < -0.39 is 0 Å². The lowest BCUT2D eigenvalue weighted by Crippen LogP contribution is -2.27. The van der Waals surface area contributed by atoms with Crippen molar-refractivity contribution in [3.63, 3.8) is 0 Å². The lowest BCUT2D eigenvalue weighted by atomic mass is 9.67. The molecular weight excluding hydrogens is 170 g/mol. The Bertz CT molecular complexity index is 226. The number of hydrogen-bond acceptors (Lipinski definition) is 1. The van der Waals surface area contributed by atoms with Gasteiger partial charge in [-0.2, -0.15) is 5.26 Å². The third kappa shape index (κ3) is 2.38. The van der Waals surface area contributed by atoms with Crippen molar-refractivity contribution in [3.05, 3.63) is 12.7 Å². The molecule has 0 aromatic rings. The summed E-state index contributed by atoms with van der Waals surface area (Å²) in [6.07, 6.45) is 7.35. The number of rotatable bonds is 3. The maximum absolute atomic E-state index is 9.20. The summed E-state index contributed by atoms with van der Waals surface area (Å²) in [5, 5.41) is 9.20. The van der Waals surface area contributed by atoms with E-state index in [0.717, 1.165) is 31.1 Å². The van der Waals surface area contributed by atoms with Gasteiger partial charge in [0.05, 0.1) is 11.5 Å². The quantitative estimate of drug-likeness (QED) is 0.620. The van der Waals surface area contributed by atoms with Gasteiger partial charge in [0, 0.05) is 0 Å². The van der Waals surface area contributed by atoms with Crippen molar-refractivity contribution in [1.29, 1.82) is 5.26 Å². The summed E-state index contributed by atoms with van der Waals surface area (Å²) >= 11 is 0. The van der Waals surface area contributed by atoms with Gasteiger partial charge in [0.15, 0.2) is 0 Å². The molecule has 0 aliphatic heterocycles. The standard InChI is InChI=1S/C13H21N/c1-4-7-13(10-14)8-5-12(6-9-13)11(2)3/h4,11-12H,1,5-9H2,2-3H3. The summed E-state index contributed by atoms with van der Waals surface area (Å²) in [5.41, 5.74) is -0.0762. The molecule has 0 aromatic heterocycles. The van der Waals surface area contributed by atoms with Crippen molar-refractivity contribution in [3.8, 4) is 6.07 Å². The van der Waals surface area contributed by atoms with E-state index in [2.05, 4.69) is 26.5 Å². The molecule has 0 heterocycles. The molecule has 0 N–H and O–H groups in total. The van der Waals surface area contributed by atoms with Gasteiger partial charge in [-0.05, 0) is 43.9 Å². The van der Waals surface area contributed by atoms with Gasteiger partial charge in [-0.1, -0.05) is 19.9 Å². The predicted octanol–water partition coefficient (Wildman–Crippen LogP) is 3.92. The second kappa shape index (κ2) is 4.64. The molecule has 14 heavy (non-hydrogen) atoms. The number of nitrogens with zero attached hydrogens (tertiary/aromatic N) is 1. The van der Waals surface area contributed by atoms with Crippen LogP contribution in [0.1, 0.15) is 46.0 Å². The molecule has 1 fully saturated rings. The minimum atomic E-state index is -0.0762. The first-order valence-electron chi connectivity index (χ1n) is 5.66. The molecule has 0 atom stereocenters. The average molecular weight is 191 g/mol. The molecule has 1 nitrogen and oxygen atoms in total. The Labute approximate surface area is 87.8 Å². The zero-order valence-electron chi connectivity index (χ0n) is 9.42. The second-order valence-electron chi connectivity index (χ2n) is 4.97. The molecule has 0 amide bonds. The Morgan fingerprint density at radius 2 is 2.07 bits per heavy atom. The molecule has 0 unspecified atom stereocenters. The summed E-state index contributed by atoms with van der Waals surface area (Å²) < 4.78 is 0. The number of nitriles is 1. The van der Waals surface area contributed by atoms with Crippen LogP contribution in [-0.2, 0) is 0 Å². The normalized spacial score (nSPS) is 32.6. The Morgan fingerprint density at radius 3 is 2.43 bits per heavy atom. The SMILES string of the molecule is C=CCC1(C#N)CCC(C(C)C)CC1. The van der Waals surface area contributed by atoms with Crippen LogP contribution in [0.25, 0.3) is 0 Å². The molecule has 0 aromatic carbocycles. The first-order valence-corrected chi connectivity index (χ1v) is 5.66. The van der Waals surface area contributed by atoms with Gasteiger partial charge in [-0.15, -0.1) is 6.58 Å². The molecule has 0 radical (unpaired) electrons. The van der Waals surface area contributed by atoms with Gasteiger partial charge in [0.2, 0.25) is 0 Å². The van der Waals surface area contributed by atoms with Crippen molar-refractivity contribution < 1.29 is 0 Å². The van der Waals surface area contributed by atoms with Crippen LogP contribution in [0.5, 0.6) is 0 Å². The van der Waals surface area contributed by atoms with Crippen molar-refractivity contribution in [2.24, 2.45) is 17.3 Å². The van der Waals surface area contributed by atoms with Crippen LogP contribution in [-0.4, -0.2) is 0 Å². The van der Waals surface area contributed by atoms with E-state index in [9.17, 15) is 5.26 Å². The Hall–Kier alpha value is -0.770. The van der Waals surface area contributed by atoms with E-state index in [1.165, 1.54) is 12.8 Å². The van der Waals surface area contributed by atoms with Crippen molar-refractivity contribution in [2.45, 2.75) is 46.0 Å². The molecular formula is C13H21N. The molecule has 1 aliphatic carbocycles. The molecule has 1 rings (SSSR count). The van der Waals surface area contributed by atoms with E-state index in [0.29, 0.717) is 0 Å². The second-order valence-corrected chi connectivity index (χ2v) is 4.97. The molecule has 1 aliphatic rings. The van der Waals surface area contributed by atoms with Crippen LogP contribution < -0.4 is 0 Å². The maximum atomic E-state index is 9.20. The highest BCUT2D eigenvalue weighted by Crippen LogP contribution is 2.43. The van der Waals surface area contributed by atoms with Gasteiger partial charge in [0.25, 0.3) is 0 Å². The molecule has 0 spiro atoms. The highest BCUT2D eigenvalue weighted by Gasteiger charge is 2.34. The smallest absolute Gasteiger partial charge is 0.0693 e. The highest BCUT2D eigenvalue weighted by molar-refractivity contribution is 5.04. The van der Waals surface area contributed by atoms with E-state index in [1.54, 1.807) is 0 Å². The van der Waals surface area contributed by atoms with E-state index in [4.69, 9.17) is 0 Å². The zero-order valence-corrected chi connectivity index (χ0v) is 9.42. The van der Waals surface area contributed by atoms with Crippen LogP contribution in [0.4, 0.5) is 0 Å². The van der Waals surface area contributed by atoms with Crippen LogP contribution in [0, 0.1) is 28.6 Å². The fourth-order valence-electron chi connectivity index (χ4n) is 2.50. The third-order valence-corrected chi connectivity index (χ3v) is 3.70. The fraction of sp³-hybridized carbons (Fsp3) is 0.769. The van der Waals surface area contributed by atoms with E-state index in [1.807, 2.05) is 6.08 Å².